The molecule has 0 saturated carbocycles. The Balaban J connectivity index is 1.77. The van der Waals surface area contributed by atoms with Gasteiger partial charge in [-0.15, -0.1) is 0 Å². The Morgan fingerprint density at radius 1 is 0.808 bits per heavy atom. The van der Waals surface area contributed by atoms with E-state index in [0.29, 0.717) is 22.4 Å². The number of ketones is 2. The molecule has 0 atom stereocenters. The summed E-state index contributed by atoms with van der Waals surface area (Å²) < 4.78 is 0. The Kier molecular flexibility index (Phi) is 5.40. The number of allylic oxidation sites excluding steroid dienone is 1. The molecule has 3 aromatic rings. The van der Waals surface area contributed by atoms with Gasteiger partial charge in [-0.25, -0.2) is 0 Å². The summed E-state index contributed by atoms with van der Waals surface area (Å²) in [5.74, 6) is -0.153. The molecule has 0 spiro atoms. The highest BCUT2D eigenvalue weighted by Gasteiger charge is 2.12. The van der Waals surface area contributed by atoms with Crippen molar-refractivity contribution in [3.8, 4) is 0 Å². The first-order valence-corrected chi connectivity index (χ1v) is 8.38. The highest BCUT2D eigenvalue weighted by molar-refractivity contribution is 6.12. The third kappa shape index (κ3) is 4.14. The highest BCUT2D eigenvalue weighted by Crippen LogP contribution is 2.19. The number of para-hydroxylation sites is 1. The van der Waals surface area contributed by atoms with E-state index >= 15 is 0 Å². The number of carbonyl (C=O) groups is 2. The van der Waals surface area contributed by atoms with Gasteiger partial charge in [-0.05, 0) is 25.1 Å². The quantitative estimate of drug-likeness (QED) is 0.505. The van der Waals surface area contributed by atoms with E-state index in [4.69, 9.17) is 0 Å². The van der Waals surface area contributed by atoms with E-state index in [-0.39, 0.29) is 11.6 Å². The lowest BCUT2D eigenvalue weighted by Crippen LogP contribution is -2.05. The Morgan fingerprint density at radius 2 is 1.50 bits per heavy atom. The molecule has 0 fully saturated rings. The van der Waals surface area contributed by atoms with Crippen molar-refractivity contribution < 1.29 is 9.59 Å². The van der Waals surface area contributed by atoms with Crippen molar-refractivity contribution in [3.63, 3.8) is 0 Å². The molecule has 0 bridgehead atoms. The number of benzene rings is 3. The normalized spacial score (nSPS) is 10.7. The van der Waals surface area contributed by atoms with E-state index < -0.39 is 0 Å². The molecule has 3 aromatic carbocycles. The van der Waals surface area contributed by atoms with Crippen LogP contribution >= 0.6 is 0 Å². The van der Waals surface area contributed by atoms with Crippen molar-refractivity contribution in [3.05, 3.63) is 113 Å². The number of anilines is 1. The van der Waals surface area contributed by atoms with E-state index in [1.54, 1.807) is 30.5 Å². The Bertz CT molecular complexity index is 959. The lowest BCUT2D eigenvalue weighted by atomic mass is 10.0. The molecule has 3 nitrogen and oxygen atoms in total. The molecule has 0 saturated heterocycles. The lowest BCUT2D eigenvalue weighted by molar-refractivity contribution is 0.103. The molecule has 0 aliphatic carbocycles. The first-order valence-electron chi connectivity index (χ1n) is 8.38. The van der Waals surface area contributed by atoms with Crippen LogP contribution in [0.3, 0.4) is 0 Å². The van der Waals surface area contributed by atoms with Crippen LogP contribution in [0.5, 0.6) is 0 Å². The van der Waals surface area contributed by atoms with Gasteiger partial charge in [0.15, 0.2) is 11.6 Å². The molecule has 26 heavy (non-hydrogen) atoms. The van der Waals surface area contributed by atoms with Gasteiger partial charge in [0.25, 0.3) is 0 Å². The van der Waals surface area contributed by atoms with Crippen LogP contribution in [0, 0.1) is 6.92 Å². The fraction of sp³-hybridized carbons (Fsp3) is 0.0435. The fourth-order valence-electron chi connectivity index (χ4n) is 2.65. The second-order valence-corrected chi connectivity index (χ2v) is 5.95. The largest absolute Gasteiger partial charge is 0.361 e. The number of hydrogen-bond acceptors (Lipinski definition) is 3. The first-order chi connectivity index (χ1) is 12.6. The molecule has 0 unspecified atom stereocenters. The van der Waals surface area contributed by atoms with Crippen LogP contribution in [0.2, 0.25) is 0 Å². The predicted molar refractivity (Wildman–Crippen MR) is 105 cm³/mol. The Labute approximate surface area is 153 Å². The summed E-state index contributed by atoms with van der Waals surface area (Å²) in [5, 5.41) is 3.06. The average Bonchev–Trinajstić information content (AvgIpc) is 2.68. The summed E-state index contributed by atoms with van der Waals surface area (Å²) in [7, 11) is 0. The number of carbonyl (C=O) groups excluding carboxylic acids is 2. The molecule has 0 aromatic heterocycles. The van der Waals surface area contributed by atoms with Gasteiger partial charge in [0, 0.05) is 34.7 Å². The first kappa shape index (κ1) is 17.4. The zero-order valence-corrected chi connectivity index (χ0v) is 14.5. The molecule has 0 heterocycles. The van der Waals surface area contributed by atoms with Gasteiger partial charge in [-0.2, -0.15) is 0 Å². The lowest BCUT2D eigenvalue weighted by Gasteiger charge is -2.08. The van der Waals surface area contributed by atoms with Crippen LogP contribution in [0.15, 0.2) is 91.1 Å². The van der Waals surface area contributed by atoms with Gasteiger partial charge in [-0.1, -0.05) is 66.2 Å². The van der Waals surface area contributed by atoms with Gasteiger partial charge in [-0.3, -0.25) is 9.59 Å². The summed E-state index contributed by atoms with van der Waals surface area (Å²) in [6, 6.07) is 23.8. The van der Waals surface area contributed by atoms with Gasteiger partial charge in [0.05, 0.1) is 0 Å². The van der Waals surface area contributed by atoms with Crippen molar-refractivity contribution in [2.24, 2.45) is 0 Å². The smallest absolute Gasteiger partial charge is 0.195 e. The third-order valence-corrected chi connectivity index (χ3v) is 3.98. The summed E-state index contributed by atoms with van der Waals surface area (Å²) in [5.41, 5.74) is 3.52. The second kappa shape index (κ2) is 8.08. The third-order valence-electron chi connectivity index (χ3n) is 3.98. The van der Waals surface area contributed by atoms with Crippen LogP contribution in [0.4, 0.5) is 5.69 Å². The van der Waals surface area contributed by atoms with Crippen LogP contribution < -0.4 is 5.32 Å². The minimum Gasteiger partial charge on any atom is -0.361 e. The van der Waals surface area contributed by atoms with Crippen LogP contribution in [-0.2, 0) is 0 Å². The molecule has 0 radical (unpaired) electrons. The Hall–Kier alpha value is -3.46. The summed E-state index contributed by atoms with van der Waals surface area (Å²) in [4.78, 5) is 24.9. The van der Waals surface area contributed by atoms with E-state index in [0.717, 1.165) is 5.56 Å². The monoisotopic (exact) mass is 341 g/mol. The number of hydrogen-bond donors (Lipinski definition) is 1. The van der Waals surface area contributed by atoms with Crippen molar-refractivity contribution >= 4 is 17.3 Å². The van der Waals surface area contributed by atoms with Crippen LogP contribution in [0.1, 0.15) is 31.8 Å². The molecule has 128 valence electrons. The molecule has 3 rings (SSSR count). The topological polar surface area (TPSA) is 46.2 Å². The Morgan fingerprint density at radius 3 is 2.27 bits per heavy atom. The van der Waals surface area contributed by atoms with Gasteiger partial charge < -0.3 is 5.32 Å². The van der Waals surface area contributed by atoms with Gasteiger partial charge in [0.2, 0.25) is 0 Å². The van der Waals surface area contributed by atoms with E-state index in [9.17, 15) is 9.59 Å². The van der Waals surface area contributed by atoms with Gasteiger partial charge in [0.1, 0.15) is 0 Å². The summed E-state index contributed by atoms with van der Waals surface area (Å²) >= 11 is 0. The zero-order valence-electron chi connectivity index (χ0n) is 14.5. The molecule has 3 heteroatoms. The predicted octanol–water partition coefficient (Wildman–Crippen LogP) is 5.03. The van der Waals surface area contributed by atoms with Gasteiger partial charge >= 0.3 is 0 Å². The maximum absolute atomic E-state index is 12.7. The maximum Gasteiger partial charge on any atom is 0.195 e. The highest BCUT2D eigenvalue weighted by atomic mass is 16.1. The SMILES string of the molecule is Cc1cccc(C(=O)/C=C/Nc2ccccc2C(=O)c2ccccc2)c1. The van der Waals surface area contributed by atoms with Crippen LogP contribution in [-0.4, -0.2) is 11.6 Å². The van der Waals surface area contributed by atoms with Crippen molar-refractivity contribution in [1.29, 1.82) is 0 Å². The number of nitrogens with one attached hydrogen (secondary N) is 1. The van der Waals surface area contributed by atoms with E-state index in [1.807, 2.05) is 61.5 Å². The molecular formula is C23H19NO2. The number of aryl methyl sites for hydroxylation is 1. The minimum atomic E-state index is -0.0898. The van der Waals surface area contributed by atoms with Crippen LogP contribution in [0.25, 0.3) is 0 Å². The summed E-state index contributed by atoms with van der Waals surface area (Å²) in [6.45, 7) is 1.95. The standard InChI is InChI=1S/C23H19NO2/c1-17-8-7-11-19(16-17)22(25)14-15-24-21-13-6-5-12-20(21)23(26)18-9-3-2-4-10-18/h2-16,24H,1H3/b15-14+. The van der Waals surface area contributed by atoms with E-state index in [1.165, 1.54) is 6.08 Å². The van der Waals surface area contributed by atoms with Crippen molar-refractivity contribution in [2.45, 2.75) is 6.92 Å². The van der Waals surface area contributed by atoms with E-state index in [2.05, 4.69) is 5.32 Å². The molecular weight excluding hydrogens is 322 g/mol. The fourth-order valence-corrected chi connectivity index (χ4v) is 2.65. The van der Waals surface area contributed by atoms with Crippen molar-refractivity contribution in [1.82, 2.24) is 0 Å². The molecule has 0 amide bonds. The molecule has 0 aliphatic heterocycles. The molecule has 1 N–H and O–H groups in total. The summed E-state index contributed by atoms with van der Waals surface area (Å²) in [6.07, 6.45) is 3.04. The average molecular weight is 341 g/mol. The minimum absolute atomic E-state index is 0.0629. The van der Waals surface area contributed by atoms with Crippen molar-refractivity contribution in [2.75, 3.05) is 5.32 Å². The second-order valence-electron chi connectivity index (χ2n) is 5.95. The maximum atomic E-state index is 12.7. The zero-order chi connectivity index (χ0) is 18.4. The molecule has 0 aliphatic rings. The number of rotatable bonds is 6.